The zero-order valence-corrected chi connectivity index (χ0v) is 7.71. The van der Waals surface area contributed by atoms with Gasteiger partial charge in [0.1, 0.15) is 0 Å². The SMILES string of the molecule is OC1CCCN(CC2CCC2)C1. The van der Waals surface area contributed by atoms with Crippen molar-refractivity contribution in [3.05, 3.63) is 0 Å². The maximum Gasteiger partial charge on any atom is 0.0667 e. The summed E-state index contributed by atoms with van der Waals surface area (Å²) in [5.41, 5.74) is 0. The fraction of sp³-hybridized carbons (Fsp3) is 1.00. The smallest absolute Gasteiger partial charge is 0.0667 e. The van der Waals surface area contributed by atoms with Crippen LogP contribution in [0.2, 0.25) is 0 Å². The van der Waals surface area contributed by atoms with Gasteiger partial charge in [0.05, 0.1) is 6.10 Å². The summed E-state index contributed by atoms with van der Waals surface area (Å²) >= 11 is 0. The van der Waals surface area contributed by atoms with Crippen molar-refractivity contribution in [2.75, 3.05) is 19.6 Å². The fourth-order valence-corrected chi connectivity index (χ4v) is 2.24. The van der Waals surface area contributed by atoms with Crippen LogP contribution in [0, 0.1) is 5.92 Å². The molecule has 1 aliphatic carbocycles. The molecule has 70 valence electrons. The minimum absolute atomic E-state index is 0.0428. The normalized spacial score (nSPS) is 33.2. The van der Waals surface area contributed by atoms with Crippen LogP contribution in [-0.2, 0) is 0 Å². The molecule has 1 atom stereocenters. The molecule has 2 aliphatic rings. The van der Waals surface area contributed by atoms with Gasteiger partial charge in [0.25, 0.3) is 0 Å². The van der Waals surface area contributed by atoms with Gasteiger partial charge < -0.3 is 10.0 Å². The third-order valence-corrected chi connectivity index (χ3v) is 3.22. The number of likely N-dealkylation sites (tertiary alicyclic amines) is 1. The lowest BCUT2D eigenvalue weighted by molar-refractivity contribution is 0.0533. The van der Waals surface area contributed by atoms with Crippen molar-refractivity contribution in [1.82, 2.24) is 4.90 Å². The van der Waals surface area contributed by atoms with Gasteiger partial charge in [0, 0.05) is 13.1 Å². The highest BCUT2D eigenvalue weighted by molar-refractivity contribution is 4.78. The topological polar surface area (TPSA) is 23.5 Å². The summed E-state index contributed by atoms with van der Waals surface area (Å²) in [5.74, 6) is 0.954. The van der Waals surface area contributed by atoms with Gasteiger partial charge in [-0.3, -0.25) is 0 Å². The van der Waals surface area contributed by atoms with E-state index in [0.717, 1.165) is 18.9 Å². The Labute approximate surface area is 74.6 Å². The van der Waals surface area contributed by atoms with Crippen molar-refractivity contribution in [2.45, 2.75) is 38.2 Å². The van der Waals surface area contributed by atoms with Crippen LogP contribution in [0.25, 0.3) is 0 Å². The first kappa shape index (κ1) is 8.52. The summed E-state index contributed by atoms with van der Waals surface area (Å²) in [7, 11) is 0. The number of piperidine rings is 1. The monoisotopic (exact) mass is 169 g/mol. The molecule has 0 spiro atoms. The molecule has 2 fully saturated rings. The van der Waals surface area contributed by atoms with Gasteiger partial charge in [0.15, 0.2) is 0 Å². The van der Waals surface area contributed by atoms with Crippen molar-refractivity contribution in [3.8, 4) is 0 Å². The van der Waals surface area contributed by atoms with E-state index in [1.54, 1.807) is 0 Å². The Morgan fingerprint density at radius 1 is 1.17 bits per heavy atom. The van der Waals surface area contributed by atoms with Gasteiger partial charge in [-0.1, -0.05) is 6.42 Å². The molecule has 0 amide bonds. The van der Waals surface area contributed by atoms with Crippen molar-refractivity contribution < 1.29 is 5.11 Å². The molecule has 0 aromatic rings. The Balaban J connectivity index is 1.71. The molecule has 2 heteroatoms. The molecular weight excluding hydrogens is 150 g/mol. The lowest BCUT2D eigenvalue weighted by atomic mass is 9.85. The van der Waals surface area contributed by atoms with E-state index in [1.165, 1.54) is 38.8 Å². The molecule has 1 saturated carbocycles. The molecule has 1 heterocycles. The lowest BCUT2D eigenvalue weighted by Crippen LogP contribution is -2.41. The second-order valence-corrected chi connectivity index (χ2v) is 4.35. The van der Waals surface area contributed by atoms with Crippen LogP contribution in [0.1, 0.15) is 32.1 Å². The number of nitrogens with zero attached hydrogens (tertiary/aromatic N) is 1. The summed E-state index contributed by atoms with van der Waals surface area (Å²) in [6.45, 7) is 3.39. The molecule has 1 N–H and O–H groups in total. The third-order valence-electron chi connectivity index (χ3n) is 3.22. The summed E-state index contributed by atoms with van der Waals surface area (Å²) in [6.07, 6.45) is 6.44. The summed E-state index contributed by atoms with van der Waals surface area (Å²) in [5, 5.41) is 9.44. The molecule has 2 rings (SSSR count). The average Bonchev–Trinajstić information content (AvgIpc) is 1.97. The van der Waals surface area contributed by atoms with E-state index in [2.05, 4.69) is 4.90 Å². The van der Waals surface area contributed by atoms with Gasteiger partial charge in [-0.25, -0.2) is 0 Å². The Kier molecular flexibility index (Phi) is 2.66. The number of hydrogen-bond acceptors (Lipinski definition) is 2. The minimum atomic E-state index is -0.0428. The van der Waals surface area contributed by atoms with Crippen LogP contribution >= 0.6 is 0 Å². The Bertz CT molecular complexity index is 145. The zero-order chi connectivity index (χ0) is 8.39. The van der Waals surface area contributed by atoms with Crippen LogP contribution in [0.3, 0.4) is 0 Å². The van der Waals surface area contributed by atoms with Crippen molar-refractivity contribution in [1.29, 1.82) is 0 Å². The van der Waals surface area contributed by atoms with E-state index in [-0.39, 0.29) is 6.10 Å². The predicted octanol–water partition coefficient (Wildman–Crippen LogP) is 1.24. The summed E-state index contributed by atoms with van der Waals surface area (Å²) in [6, 6.07) is 0. The van der Waals surface area contributed by atoms with Crippen molar-refractivity contribution in [2.24, 2.45) is 5.92 Å². The number of β-amino-alcohol motifs (C(OH)–C–C–N with tert-alkyl or cyclic N) is 1. The molecule has 12 heavy (non-hydrogen) atoms. The maximum atomic E-state index is 9.44. The third kappa shape index (κ3) is 1.99. The van der Waals surface area contributed by atoms with Crippen LogP contribution in [0.15, 0.2) is 0 Å². The fourth-order valence-electron chi connectivity index (χ4n) is 2.24. The Morgan fingerprint density at radius 3 is 2.58 bits per heavy atom. The van der Waals surface area contributed by atoms with Crippen LogP contribution in [0.5, 0.6) is 0 Å². The summed E-state index contributed by atoms with van der Waals surface area (Å²) in [4.78, 5) is 2.44. The highest BCUT2D eigenvalue weighted by Crippen LogP contribution is 2.27. The highest BCUT2D eigenvalue weighted by atomic mass is 16.3. The molecule has 0 radical (unpaired) electrons. The maximum absolute atomic E-state index is 9.44. The first-order chi connectivity index (χ1) is 5.84. The Morgan fingerprint density at radius 2 is 2.00 bits per heavy atom. The van der Waals surface area contributed by atoms with Gasteiger partial charge in [-0.05, 0) is 38.1 Å². The van der Waals surface area contributed by atoms with Gasteiger partial charge >= 0.3 is 0 Å². The zero-order valence-electron chi connectivity index (χ0n) is 7.71. The number of rotatable bonds is 2. The number of aliphatic hydroxyl groups excluding tert-OH is 1. The first-order valence-electron chi connectivity index (χ1n) is 5.25. The van der Waals surface area contributed by atoms with Crippen molar-refractivity contribution >= 4 is 0 Å². The minimum Gasteiger partial charge on any atom is -0.392 e. The molecule has 1 aliphatic heterocycles. The molecule has 0 bridgehead atoms. The molecular formula is C10H19NO. The molecule has 2 nitrogen and oxygen atoms in total. The van der Waals surface area contributed by atoms with Gasteiger partial charge in [0.2, 0.25) is 0 Å². The number of hydrogen-bond donors (Lipinski definition) is 1. The van der Waals surface area contributed by atoms with E-state index in [0.29, 0.717) is 0 Å². The van der Waals surface area contributed by atoms with Crippen LogP contribution < -0.4 is 0 Å². The van der Waals surface area contributed by atoms with Crippen LogP contribution in [-0.4, -0.2) is 35.7 Å². The predicted molar refractivity (Wildman–Crippen MR) is 49.0 cm³/mol. The standard InChI is InChI=1S/C10H19NO/c12-10-5-2-6-11(8-10)7-9-3-1-4-9/h9-10,12H,1-8H2. The van der Waals surface area contributed by atoms with Gasteiger partial charge in [-0.2, -0.15) is 0 Å². The second-order valence-electron chi connectivity index (χ2n) is 4.35. The summed E-state index contributed by atoms with van der Waals surface area (Å²) < 4.78 is 0. The molecule has 0 aromatic heterocycles. The van der Waals surface area contributed by atoms with E-state index in [4.69, 9.17) is 0 Å². The highest BCUT2D eigenvalue weighted by Gasteiger charge is 2.23. The molecule has 1 unspecified atom stereocenters. The number of aliphatic hydroxyl groups is 1. The van der Waals surface area contributed by atoms with E-state index >= 15 is 0 Å². The lowest BCUT2D eigenvalue weighted by Gasteiger charge is -2.36. The van der Waals surface area contributed by atoms with Crippen molar-refractivity contribution in [3.63, 3.8) is 0 Å². The molecule has 0 aromatic carbocycles. The molecule has 1 saturated heterocycles. The second kappa shape index (κ2) is 3.75. The first-order valence-corrected chi connectivity index (χ1v) is 5.25. The van der Waals surface area contributed by atoms with E-state index < -0.39 is 0 Å². The van der Waals surface area contributed by atoms with Crippen LogP contribution in [0.4, 0.5) is 0 Å². The largest absolute Gasteiger partial charge is 0.392 e. The quantitative estimate of drug-likeness (QED) is 0.672. The Hall–Kier alpha value is -0.0800. The van der Waals surface area contributed by atoms with Gasteiger partial charge in [-0.15, -0.1) is 0 Å². The average molecular weight is 169 g/mol. The van der Waals surface area contributed by atoms with E-state index in [9.17, 15) is 5.11 Å². The van der Waals surface area contributed by atoms with E-state index in [1.807, 2.05) is 0 Å².